The molecule has 32 heavy (non-hydrogen) atoms. The van der Waals surface area contributed by atoms with Crippen LogP contribution in [-0.2, 0) is 4.79 Å². The summed E-state index contributed by atoms with van der Waals surface area (Å²) in [7, 11) is 3.31. The Morgan fingerprint density at radius 2 is 1.66 bits per heavy atom. The number of hydrogen-bond acceptors (Lipinski definition) is 5. The quantitative estimate of drug-likeness (QED) is 0.322. The third kappa shape index (κ3) is 4.11. The summed E-state index contributed by atoms with van der Waals surface area (Å²) in [5.74, 6) is 0.462. The number of fused-ring (bicyclic) bond motifs is 1. The summed E-state index contributed by atoms with van der Waals surface area (Å²) >= 11 is 1.25. The molecule has 0 spiro atoms. The maximum Gasteiger partial charge on any atom is 0.266 e. The van der Waals surface area contributed by atoms with Gasteiger partial charge in [0.1, 0.15) is 5.75 Å². The molecule has 6 nitrogen and oxygen atoms in total. The lowest BCUT2D eigenvalue weighted by Crippen LogP contribution is -2.34. The summed E-state index contributed by atoms with van der Waals surface area (Å²) in [6.07, 6.45) is 0. The SMILES string of the molecule is COc1ccccc1-n1c(S[C@@H](C)C(=O)N(C)c2ccccc2)nc2ccccc2c1=O. The lowest BCUT2D eigenvalue weighted by Gasteiger charge is -2.22. The number of carbonyl (C=O) groups is 1. The van der Waals surface area contributed by atoms with Gasteiger partial charge in [-0.05, 0) is 43.3 Å². The number of nitrogens with zero attached hydrogens (tertiary/aromatic N) is 3. The van der Waals surface area contributed by atoms with Crippen LogP contribution in [-0.4, -0.2) is 34.9 Å². The molecule has 1 atom stereocenters. The Hall–Kier alpha value is -3.58. The molecule has 0 saturated carbocycles. The van der Waals surface area contributed by atoms with Crippen molar-refractivity contribution in [3.05, 3.63) is 89.2 Å². The number of methoxy groups -OCH3 is 1. The molecule has 1 heterocycles. The van der Waals surface area contributed by atoms with Gasteiger partial charge in [-0.1, -0.05) is 54.2 Å². The summed E-state index contributed by atoms with van der Waals surface area (Å²) in [4.78, 5) is 33.0. The molecule has 0 saturated heterocycles. The van der Waals surface area contributed by atoms with Gasteiger partial charge in [-0.3, -0.25) is 14.2 Å². The van der Waals surface area contributed by atoms with E-state index in [1.165, 1.54) is 16.3 Å². The van der Waals surface area contributed by atoms with Crippen molar-refractivity contribution in [3.63, 3.8) is 0 Å². The Morgan fingerprint density at radius 3 is 2.41 bits per heavy atom. The van der Waals surface area contributed by atoms with Gasteiger partial charge in [0, 0.05) is 12.7 Å². The largest absolute Gasteiger partial charge is 0.495 e. The van der Waals surface area contributed by atoms with Crippen LogP contribution in [0.1, 0.15) is 6.92 Å². The van der Waals surface area contributed by atoms with E-state index in [4.69, 9.17) is 9.72 Å². The van der Waals surface area contributed by atoms with Crippen LogP contribution in [0.25, 0.3) is 16.6 Å². The monoisotopic (exact) mass is 445 g/mol. The lowest BCUT2D eigenvalue weighted by atomic mass is 10.2. The molecule has 162 valence electrons. The van der Waals surface area contributed by atoms with E-state index in [2.05, 4.69) is 0 Å². The number of thioether (sulfide) groups is 1. The van der Waals surface area contributed by atoms with Crippen molar-refractivity contribution in [1.29, 1.82) is 0 Å². The summed E-state index contributed by atoms with van der Waals surface area (Å²) in [5, 5.41) is 0.456. The number of aromatic nitrogens is 2. The van der Waals surface area contributed by atoms with Crippen molar-refractivity contribution in [2.75, 3.05) is 19.1 Å². The van der Waals surface area contributed by atoms with E-state index in [0.717, 1.165) is 5.69 Å². The molecule has 7 heteroatoms. The Kier molecular flexibility index (Phi) is 6.28. The highest BCUT2D eigenvalue weighted by Crippen LogP contribution is 2.30. The van der Waals surface area contributed by atoms with Crippen molar-refractivity contribution < 1.29 is 9.53 Å². The molecular weight excluding hydrogens is 422 g/mol. The zero-order chi connectivity index (χ0) is 22.7. The van der Waals surface area contributed by atoms with E-state index in [1.54, 1.807) is 37.3 Å². The predicted octanol–water partition coefficient (Wildman–Crippen LogP) is 4.54. The number of benzene rings is 3. The van der Waals surface area contributed by atoms with Gasteiger partial charge in [-0.2, -0.15) is 0 Å². The van der Waals surface area contributed by atoms with Crippen molar-refractivity contribution in [3.8, 4) is 11.4 Å². The summed E-state index contributed by atoms with van der Waals surface area (Å²) < 4.78 is 7.02. The van der Waals surface area contributed by atoms with Gasteiger partial charge in [-0.15, -0.1) is 0 Å². The van der Waals surface area contributed by atoms with E-state index in [9.17, 15) is 9.59 Å². The third-order valence-corrected chi connectivity index (χ3v) is 6.21. The maximum atomic E-state index is 13.5. The fourth-order valence-corrected chi connectivity index (χ4v) is 4.49. The van der Waals surface area contributed by atoms with E-state index in [0.29, 0.717) is 27.5 Å². The van der Waals surface area contributed by atoms with E-state index in [-0.39, 0.29) is 11.5 Å². The molecule has 0 unspecified atom stereocenters. The molecule has 0 bridgehead atoms. The molecule has 3 aromatic carbocycles. The minimum absolute atomic E-state index is 0.0878. The summed E-state index contributed by atoms with van der Waals surface area (Å²) in [6.45, 7) is 1.82. The average Bonchev–Trinajstić information content (AvgIpc) is 2.84. The molecule has 0 aliphatic heterocycles. The number of para-hydroxylation sites is 4. The smallest absolute Gasteiger partial charge is 0.266 e. The minimum atomic E-state index is -0.478. The van der Waals surface area contributed by atoms with Crippen LogP contribution in [0, 0.1) is 0 Å². The number of hydrogen-bond donors (Lipinski definition) is 0. The molecule has 0 radical (unpaired) electrons. The van der Waals surface area contributed by atoms with Gasteiger partial charge < -0.3 is 9.64 Å². The van der Waals surface area contributed by atoms with Gasteiger partial charge in [0.2, 0.25) is 5.91 Å². The standard InChI is InChI=1S/C25H23N3O3S/c1-17(23(29)27(2)18-11-5-4-6-12-18)32-25-26-20-14-8-7-13-19(20)24(30)28(25)21-15-9-10-16-22(21)31-3/h4-17H,1-3H3/t17-/m0/s1. The average molecular weight is 446 g/mol. The first-order chi connectivity index (χ1) is 15.5. The Bertz CT molecular complexity index is 1320. The maximum absolute atomic E-state index is 13.5. The van der Waals surface area contributed by atoms with Crippen LogP contribution in [0.5, 0.6) is 5.75 Å². The molecule has 1 amide bonds. The Labute approximate surface area is 190 Å². The predicted molar refractivity (Wildman–Crippen MR) is 129 cm³/mol. The number of carbonyl (C=O) groups excluding carboxylic acids is 1. The molecule has 0 N–H and O–H groups in total. The normalized spacial score (nSPS) is 11.8. The minimum Gasteiger partial charge on any atom is -0.495 e. The zero-order valence-corrected chi connectivity index (χ0v) is 18.9. The molecule has 4 rings (SSSR count). The first-order valence-corrected chi connectivity index (χ1v) is 11.0. The summed E-state index contributed by atoms with van der Waals surface area (Å²) in [6, 6.07) is 23.9. The number of rotatable bonds is 6. The highest BCUT2D eigenvalue weighted by atomic mass is 32.2. The van der Waals surface area contributed by atoms with Gasteiger partial charge in [0.25, 0.3) is 5.56 Å². The van der Waals surface area contributed by atoms with E-state index in [1.807, 2.05) is 67.6 Å². The molecule has 0 aliphatic carbocycles. The second-order valence-corrected chi connectivity index (χ2v) is 8.52. The van der Waals surface area contributed by atoms with Gasteiger partial charge in [0.15, 0.2) is 5.16 Å². The number of ether oxygens (including phenoxy) is 1. The van der Waals surface area contributed by atoms with Crippen molar-refractivity contribution >= 4 is 34.3 Å². The highest BCUT2D eigenvalue weighted by molar-refractivity contribution is 8.00. The fraction of sp³-hybridized carbons (Fsp3) is 0.160. The first kappa shape index (κ1) is 21.6. The van der Waals surface area contributed by atoms with Crippen LogP contribution in [0.15, 0.2) is 88.8 Å². The van der Waals surface area contributed by atoms with Crippen LogP contribution < -0.4 is 15.2 Å². The first-order valence-electron chi connectivity index (χ1n) is 10.2. The fourth-order valence-electron chi connectivity index (χ4n) is 3.48. The third-order valence-electron chi connectivity index (χ3n) is 5.18. The van der Waals surface area contributed by atoms with Crippen molar-refractivity contribution in [1.82, 2.24) is 9.55 Å². The topological polar surface area (TPSA) is 64.4 Å². The molecule has 1 aromatic heterocycles. The van der Waals surface area contributed by atoms with Crippen LogP contribution >= 0.6 is 11.8 Å². The van der Waals surface area contributed by atoms with Crippen molar-refractivity contribution in [2.45, 2.75) is 17.3 Å². The number of amides is 1. The van der Waals surface area contributed by atoms with Crippen LogP contribution in [0.4, 0.5) is 5.69 Å². The van der Waals surface area contributed by atoms with Gasteiger partial charge in [0.05, 0.1) is 29.0 Å². The Morgan fingerprint density at radius 1 is 1.00 bits per heavy atom. The molecule has 4 aromatic rings. The number of anilines is 1. The van der Waals surface area contributed by atoms with Gasteiger partial charge in [-0.25, -0.2) is 4.98 Å². The second-order valence-electron chi connectivity index (χ2n) is 7.22. The van der Waals surface area contributed by atoms with E-state index < -0.39 is 5.25 Å². The van der Waals surface area contributed by atoms with E-state index >= 15 is 0 Å². The van der Waals surface area contributed by atoms with Gasteiger partial charge >= 0.3 is 0 Å². The molecule has 0 aliphatic rings. The van der Waals surface area contributed by atoms with Crippen LogP contribution in [0.3, 0.4) is 0 Å². The second kappa shape index (κ2) is 9.28. The highest BCUT2D eigenvalue weighted by Gasteiger charge is 2.24. The Balaban J connectivity index is 1.79. The molecular formula is C25H23N3O3S. The molecule has 0 fully saturated rings. The van der Waals surface area contributed by atoms with Crippen LogP contribution in [0.2, 0.25) is 0 Å². The zero-order valence-electron chi connectivity index (χ0n) is 18.1. The summed E-state index contributed by atoms with van der Waals surface area (Å²) in [5.41, 5.74) is 1.76. The lowest BCUT2D eigenvalue weighted by molar-refractivity contribution is -0.117. The van der Waals surface area contributed by atoms with Crippen molar-refractivity contribution in [2.24, 2.45) is 0 Å².